The van der Waals surface area contributed by atoms with Gasteiger partial charge in [0.2, 0.25) is 11.8 Å². The number of primary amides is 1. The second kappa shape index (κ2) is 12.5. The Bertz CT molecular complexity index is 1090. The van der Waals surface area contributed by atoms with E-state index in [1.54, 1.807) is 63.2 Å². The zero-order chi connectivity index (χ0) is 26.9. The highest BCUT2D eigenvalue weighted by Crippen LogP contribution is 2.25. The van der Waals surface area contributed by atoms with Crippen LogP contribution in [0.3, 0.4) is 0 Å². The summed E-state index contributed by atoms with van der Waals surface area (Å²) in [7, 11) is 0. The third-order valence-corrected chi connectivity index (χ3v) is 5.08. The van der Waals surface area contributed by atoms with Crippen molar-refractivity contribution in [2.45, 2.75) is 51.8 Å². The molecular weight excluding hydrogens is 460 g/mol. The van der Waals surface area contributed by atoms with Gasteiger partial charge in [0, 0.05) is 12.2 Å². The van der Waals surface area contributed by atoms with E-state index >= 15 is 0 Å². The molecule has 2 aromatic rings. The second-order valence-electron chi connectivity index (χ2n) is 9.27. The van der Waals surface area contributed by atoms with Crippen molar-refractivity contribution in [2.75, 3.05) is 11.9 Å². The van der Waals surface area contributed by atoms with E-state index in [0.29, 0.717) is 11.3 Å². The van der Waals surface area contributed by atoms with Crippen LogP contribution in [0.25, 0.3) is 0 Å². The van der Waals surface area contributed by atoms with Crippen molar-refractivity contribution in [1.29, 1.82) is 0 Å². The van der Waals surface area contributed by atoms with E-state index in [1.807, 2.05) is 19.1 Å². The zero-order valence-corrected chi connectivity index (χ0v) is 21.1. The lowest BCUT2D eigenvalue weighted by Gasteiger charge is -2.33. The van der Waals surface area contributed by atoms with E-state index in [-0.39, 0.29) is 6.54 Å². The predicted molar refractivity (Wildman–Crippen MR) is 138 cm³/mol. The van der Waals surface area contributed by atoms with E-state index in [2.05, 4.69) is 17.2 Å². The van der Waals surface area contributed by atoms with Crippen LogP contribution in [0.15, 0.2) is 67.3 Å². The Balaban J connectivity index is 2.47. The highest BCUT2D eigenvalue weighted by Gasteiger charge is 2.36. The van der Waals surface area contributed by atoms with Crippen LogP contribution in [0.4, 0.5) is 10.5 Å². The molecule has 0 aliphatic carbocycles. The number of nitrogens with two attached hydrogens (primary N) is 1. The lowest BCUT2D eigenvalue weighted by atomic mass is 10.0. The Labute approximate surface area is 211 Å². The Morgan fingerprint density at radius 1 is 1.06 bits per heavy atom. The first-order valence-corrected chi connectivity index (χ1v) is 11.5. The molecule has 2 rings (SSSR count). The number of hydrogen-bond acceptors (Lipinski definition) is 5. The third kappa shape index (κ3) is 8.26. The van der Waals surface area contributed by atoms with Gasteiger partial charge in [-0.1, -0.05) is 54.6 Å². The van der Waals surface area contributed by atoms with Gasteiger partial charge in [-0.15, -0.1) is 6.58 Å². The van der Waals surface area contributed by atoms with Crippen molar-refractivity contribution in [3.8, 4) is 0 Å². The summed E-state index contributed by atoms with van der Waals surface area (Å²) in [6.07, 6.45) is 0.0948. The molecule has 2 atom stereocenters. The van der Waals surface area contributed by atoms with Gasteiger partial charge in [0.15, 0.2) is 0 Å². The maximum Gasteiger partial charge on any atom is 0.408 e. The first-order chi connectivity index (χ1) is 16.9. The number of carbonyl (C=O) groups is 4. The van der Waals surface area contributed by atoms with Crippen LogP contribution in [0, 0.1) is 6.92 Å². The number of carbonyl (C=O) groups excluding carboxylic acids is 4. The topological polar surface area (TPSA) is 131 Å². The van der Waals surface area contributed by atoms with Crippen LogP contribution in [-0.2, 0) is 19.1 Å². The molecule has 0 saturated heterocycles. The molecule has 192 valence electrons. The Morgan fingerprint density at radius 3 is 2.22 bits per heavy atom. The summed E-state index contributed by atoms with van der Waals surface area (Å²) in [5.74, 6) is -1.96. The molecule has 2 unspecified atom stereocenters. The van der Waals surface area contributed by atoms with Crippen LogP contribution in [-0.4, -0.2) is 46.9 Å². The summed E-state index contributed by atoms with van der Waals surface area (Å²) in [5.41, 5.74) is 6.52. The van der Waals surface area contributed by atoms with Gasteiger partial charge >= 0.3 is 6.09 Å². The number of ether oxygens (including phenoxy) is 1. The van der Waals surface area contributed by atoms with Crippen LogP contribution in [0.2, 0.25) is 0 Å². The van der Waals surface area contributed by atoms with Crippen molar-refractivity contribution >= 4 is 29.5 Å². The molecular formula is C27H34N4O5. The first kappa shape index (κ1) is 28.1. The van der Waals surface area contributed by atoms with E-state index in [9.17, 15) is 19.2 Å². The van der Waals surface area contributed by atoms with Crippen LogP contribution in [0.5, 0.6) is 0 Å². The van der Waals surface area contributed by atoms with Crippen LogP contribution >= 0.6 is 0 Å². The highest BCUT2D eigenvalue weighted by molar-refractivity contribution is 6.00. The minimum Gasteiger partial charge on any atom is -0.444 e. The number of rotatable bonds is 10. The molecule has 0 aliphatic heterocycles. The van der Waals surface area contributed by atoms with Gasteiger partial charge in [0.25, 0.3) is 5.91 Å². The van der Waals surface area contributed by atoms with Crippen molar-refractivity contribution in [2.24, 2.45) is 5.73 Å². The summed E-state index contributed by atoms with van der Waals surface area (Å²) in [4.78, 5) is 52.8. The summed E-state index contributed by atoms with van der Waals surface area (Å²) in [6.45, 7) is 10.5. The number of hydrogen-bond donors (Lipinski definition) is 3. The molecule has 0 aliphatic rings. The highest BCUT2D eigenvalue weighted by atomic mass is 16.6. The molecule has 0 aromatic heterocycles. The van der Waals surface area contributed by atoms with E-state index in [0.717, 1.165) is 5.56 Å². The quantitative estimate of drug-likeness (QED) is 0.436. The standard InChI is InChI=1S/C27H34N4O5/c1-6-16-31(25(34)21(17-22(28)32)30-26(35)36-27(3,4)5)23(19-13-8-7-9-14-19)24(33)29-20-15-11-10-12-18(20)2/h6-15,21,23H,1,16-17H2,2-5H3,(H2,28,32)(H,29,33)(H,30,35). The molecule has 0 saturated carbocycles. The monoisotopic (exact) mass is 494 g/mol. The van der Waals surface area contributed by atoms with Crippen molar-refractivity contribution in [3.63, 3.8) is 0 Å². The zero-order valence-electron chi connectivity index (χ0n) is 21.1. The number of nitrogens with one attached hydrogen (secondary N) is 2. The van der Waals surface area contributed by atoms with Gasteiger partial charge in [-0.3, -0.25) is 14.4 Å². The minimum absolute atomic E-state index is 0.0369. The smallest absolute Gasteiger partial charge is 0.408 e. The maximum atomic E-state index is 13.7. The van der Waals surface area contributed by atoms with E-state index in [1.165, 1.54) is 11.0 Å². The molecule has 2 aromatic carbocycles. The molecule has 0 heterocycles. The average Bonchev–Trinajstić information content (AvgIpc) is 2.78. The molecule has 9 nitrogen and oxygen atoms in total. The number of para-hydroxylation sites is 1. The lowest BCUT2D eigenvalue weighted by molar-refractivity contribution is -0.141. The maximum absolute atomic E-state index is 13.7. The van der Waals surface area contributed by atoms with E-state index in [4.69, 9.17) is 10.5 Å². The molecule has 36 heavy (non-hydrogen) atoms. The van der Waals surface area contributed by atoms with Gasteiger partial charge in [-0.05, 0) is 44.9 Å². The van der Waals surface area contributed by atoms with Crippen molar-refractivity contribution in [1.82, 2.24) is 10.2 Å². The molecule has 0 radical (unpaired) electrons. The fourth-order valence-electron chi connectivity index (χ4n) is 3.54. The largest absolute Gasteiger partial charge is 0.444 e. The molecule has 9 heteroatoms. The normalized spacial score (nSPS) is 12.6. The fourth-order valence-corrected chi connectivity index (χ4v) is 3.54. The third-order valence-electron chi connectivity index (χ3n) is 5.08. The van der Waals surface area contributed by atoms with Crippen LogP contribution in [0.1, 0.15) is 44.4 Å². The number of alkyl carbamates (subject to hydrolysis) is 1. The SMILES string of the molecule is C=CCN(C(=O)C(CC(N)=O)NC(=O)OC(C)(C)C)C(C(=O)Nc1ccccc1C)c1ccccc1. The van der Waals surface area contributed by atoms with Crippen LogP contribution < -0.4 is 16.4 Å². The first-order valence-electron chi connectivity index (χ1n) is 11.5. The van der Waals surface area contributed by atoms with Crippen molar-refractivity contribution in [3.05, 3.63) is 78.4 Å². The molecule has 0 spiro atoms. The Hall–Kier alpha value is -4.14. The van der Waals surface area contributed by atoms with Gasteiger partial charge in [0.1, 0.15) is 17.7 Å². The summed E-state index contributed by atoms with van der Waals surface area (Å²) < 4.78 is 5.25. The number of aryl methyl sites for hydroxylation is 1. The van der Waals surface area contributed by atoms with Gasteiger partial charge in [0.05, 0.1) is 6.42 Å². The van der Waals surface area contributed by atoms with Crippen molar-refractivity contribution < 1.29 is 23.9 Å². The van der Waals surface area contributed by atoms with Gasteiger partial charge in [-0.25, -0.2) is 4.79 Å². The molecule has 4 N–H and O–H groups in total. The summed E-state index contributed by atoms with van der Waals surface area (Å²) >= 11 is 0. The number of benzene rings is 2. The number of anilines is 1. The Morgan fingerprint density at radius 2 is 1.67 bits per heavy atom. The number of amides is 4. The van der Waals surface area contributed by atoms with Gasteiger partial charge in [-0.2, -0.15) is 0 Å². The predicted octanol–water partition coefficient (Wildman–Crippen LogP) is 3.46. The van der Waals surface area contributed by atoms with E-state index < -0.39 is 47.9 Å². The summed E-state index contributed by atoms with van der Waals surface area (Å²) in [6, 6.07) is 13.5. The fraction of sp³-hybridized carbons (Fsp3) is 0.333. The minimum atomic E-state index is -1.35. The number of nitrogens with zero attached hydrogens (tertiary/aromatic N) is 1. The molecule has 0 bridgehead atoms. The lowest BCUT2D eigenvalue weighted by Crippen LogP contribution is -2.53. The Kier molecular flexibility index (Phi) is 9.78. The van der Waals surface area contributed by atoms with Gasteiger partial charge < -0.3 is 26.0 Å². The summed E-state index contributed by atoms with van der Waals surface area (Å²) in [5, 5.41) is 5.31. The molecule has 4 amide bonds. The second-order valence-corrected chi connectivity index (χ2v) is 9.27. The average molecular weight is 495 g/mol. The molecule has 0 fully saturated rings.